The summed E-state index contributed by atoms with van der Waals surface area (Å²) in [6.45, 7) is 4.67. The van der Waals surface area contributed by atoms with Gasteiger partial charge >= 0.3 is 0 Å². The summed E-state index contributed by atoms with van der Waals surface area (Å²) in [6.07, 6.45) is 1.44. The molecule has 148 valence electrons. The molecule has 0 N–H and O–H groups in total. The van der Waals surface area contributed by atoms with Gasteiger partial charge in [0.15, 0.2) is 0 Å². The number of ether oxygens (including phenoxy) is 2. The van der Waals surface area contributed by atoms with Crippen LogP contribution in [-0.4, -0.2) is 87.0 Å². The maximum atomic E-state index is 12.9. The van der Waals surface area contributed by atoms with Crippen molar-refractivity contribution in [1.82, 2.24) is 14.7 Å². The summed E-state index contributed by atoms with van der Waals surface area (Å²) in [5.74, 6) is 1.42. The van der Waals surface area contributed by atoms with Crippen molar-refractivity contribution in [2.24, 2.45) is 5.92 Å². The minimum absolute atomic E-state index is 0.0253. The van der Waals surface area contributed by atoms with Gasteiger partial charge in [0.25, 0.3) is 5.91 Å². The van der Waals surface area contributed by atoms with Crippen LogP contribution in [0.1, 0.15) is 23.2 Å². The van der Waals surface area contributed by atoms with Gasteiger partial charge in [0.1, 0.15) is 11.5 Å². The molecule has 0 aliphatic carbocycles. The third kappa shape index (κ3) is 4.53. The van der Waals surface area contributed by atoms with Crippen molar-refractivity contribution < 1.29 is 19.1 Å². The van der Waals surface area contributed by atoms with E-state index >= 15 is 0 Å². The number of methoxy groups -OCH3 is 2. The van der Waals surface area contributed by atoms with Gasteiger partial charge in [-0.2, -0.15) is 0 Å². The van der Waals surface area contributed by atoms with Crippen LogP contribution < -0.4 is 9.47 Å². The number of benzene rings is 1. The van der Waals surface area contributed by atoms with E-state index < -0.39 is 0 Å². The zero-order valence-corrected chi connectivity index (χ0v) is 16.4. The molecule has 2 amide bonds. The van der Waals surface area contributed by atoms with Crippen molar-refractivity contribution in [3.05, 3.63) is 23.8 Å². The van der Waals surface area contributed by atoms with Crippen molar-refractivity contribution >= 4 is 11.8 Å². The number of carbonyl (C=O) groups is 2. The molecule has 0 bridgehead atoms. The van der Waals surface area contributed by atoms with Crippen molar-refractivity contribution in [3.63, 3.8) is 0 Å². The van der Waals surface area contributed by atoms with Crippen LogP contribution >= 0.6 is 0 Å². The van der Waals surface area contributed by atoms with Gasteiger partial charge in [0, 0.05) is 56.8 Å². The van der Waals surface area contributed by atoms with E-state index in [1.54, 1.807) is 32.4 Å². The molecule has 0 spiro atoms. The first-order valence-electron chi connectivity index (χ1n) is 9.51. The lowest BCUT2D eigenvalue weighted by Crippen LogP contribution is -2.51. The highest BCUT2D eigenvalue weighted by Gasteiger charge is 2.31. The lowest BCUT2D eigenvalue weighted by atomic mass is 9.94. The van der Waals surface area contributed by atoms with E-state index in [9.17, 15) is 9.59 Å². The zero-order chi connectivity index (χ0) is 19.4. The summed E-state index contributed by atoms with van der Waals surface area (Å²) in [5, 5.41) is 0. The molecule has 2 aliphatic rings. The molecule has 27 heavy (non-hydrogen) atoms. The fourth-order valence-electron chi connectivity index (χ4n) is 3.73. The summed E-state index contributed by atoms with van der Waals surface area (Å²) in [6, 6.07) is 5.20. The molecule has 0 atom stereocenters. The zero-order valence-electron chi connectivity index (χ0n) is 16.4. The monoisotopic (exact) mass is 375 g/mol. The van der Waals surface area contributed by atoms with Crippen molar-refractivity contribution in [3.8, 4) is 11.5 Å². The standard InChI is InChI=1S/C20H29N3O4/c1-21-8-10-23(11-9-21)19(24)15-4-6-22(7-5-15)20(25)16-12-17(26-2)14-18(13-16)27-3/h12-15H,4-11H2,1-3H3. The van der Waals surface area contributed by atoms with E-state index in [2.05, 4.69) is 11.9 Å². The first-order valence-corrected chi connectivity index (χ1v) is 9.51. The van der Waals surface area contributed by atoms with Gasteiger partial charge < -0.3 is 24.2 Å². The van der Waals surface area contributed by atoms with E-state index in [4.69, 9.17) is 9.47 Å². The number of piperidine rings is 1. The Balaban J connectivity index is 1.59. The molecule has 3 rings (SSSR count). The summed E-state index contributed by atoms with van der Waals surface area (Å²) >= 11 is 0. The molecule has 7 heteroatoms. The van der Waals surface area contributed by atoms with E-state index in [1.165, 1.54) is 0 Å². The Bertz CT molecular complexity index is 656. The number of likely N-dealkylation sites (tertiary alicyclic amines) is 1. The average molecular weight is 375 g/mol. The molecule has 2 heterocycles. The smallest absolute Gasteiger partial charge is 0.254 e. The second-order valence-electron chi connectivity index (χ2n) is 7.30. The van der Waals surface area contributed by atoms with Gasteiger partial charge in [0.2, 0.25) is 5.91 Å². The fourth-order valence-corrected chi connectivity index (χ4v) is 3.73. The third-order valence-electron chi connectivity index (χ3n) is 5.54. The molecule has 0 aromatic heterocycles. The Morgan fingerprint density at radius 3 is 1.93 bits per heavy atom. The second-order valence-corrected chi connectivity index (χ2v) is 7.30. The van der Waals surface area contributed by atoms with Gasteiger partial charge in [-0.05, 0) is 32.0 Å². The highest BCUT2D eigenvalue weighted by molar-refractivity contribution is 5.95. The highest BCUT2D eigenvalue weighted by Crippen LogP contribution is 2.26. The number of piperazine rings is 1. The van der Waals surface area contributed by atoms with Crippen LogP contribution in [-0.2, 0) is 4.79 Å². The number of nitrogens with zero attached hydrogens (tertiary/aromatic N) is 3. The normalized spacial score (nSPS) is 19.1. The fraction of sp³-hybridized carbons (Fsp3) is 0.600. The van der Waals surface area contributed by atoms with Gasteiger partial charge in [-0.3, -0.25) is 9.59 Å². The number of hydrogen-bond donors (Lipinski definition) is 0. The van der Waals surface area contributed by atoms with Gasteiger partial charge in [-0.25, -0.2) is 0 Å². The quantitative estimate of drug-likeness (QED) is 0.795. The van der Waals surface area contributed by atoms with Crippen molar-refractivity contribution in [2.45, 2.75) is 12.8 Å². The average Bonchev–Trinajstić information content (AvgIpc) is 2.73. The molecule has 1 aromatic carbocycles. The predicted octanol–water partition coefficient (Wildman–Crippen LogP) is 1.33. The maximum absolute atomic E-state index is 12.9. The number of amides is 2. The van der Waals surface area contributed by atoms with Gasteiger partial charge in [-0.15, -0.1) is 0 Å². The summed E-state index contributed by atoms with van der Waals surface area (Å²) < 4.78 is 10.5. The van der Waals surface area contributed by atoms with Gasteiger partial charge in [-0.1, -0.05) is 0 Å². The predicted molar refractivity (Wildman–Crippen MR) is 102 cm³/mol. The van der Waals surface area contributed by atoms with Crippen LogP contribution in [0.15, 0.2) is 18.2 Å². The van der Waals surface area contributed by atoms with E-state index in [1.807, 2.05) is 9.80 Å². The molecule has 2 saturated heterocycles. The maximum Gasteiger partial charge on any atom is 0.254 e. The van der Waals surface area contributed by atoms with E-state index in [0.717, 1.165) is 39.0 Å². The minimum Gasteiger partial charge on any atom is -0.497 e. The Labute approximate surface area is 160 Å². The molecule has 7 nitrogen and oxygen atoms in total. The molecule has 2 fully saturated rings. The molecule has 0 saturated carbocycles. The Hall–Kier alpha value is -2.28. The first-order chi connectivity index (χ1) is 13.0. The SMILES string of the molecule is COc1cc(OC)cc(C(=O)N2CCC(C(=O)N3CCN(C)CC3)CC2)c1. The number of rotatable bonds is 4. The molecule has 2 aliphatic heterocycles. The molecule has 0 radical (unpaired) electrons. The lowest BCUT2D eigenvalue weighted by Gasteiger charge is -2.37. The number of hydrogen-bond acceptors (Lipinski definition) is 5. The van der Waals surface area contributed by atoms with Gasteiger partial charge in [0.05, 0.1) is 14.2 Å². The summed E-state index contributed by atoms with van der Waals surface area (Å²) in [7, 11) is 5.22. The Kier molecular flexibility index (Phi) is 6.21. The van der Waals surface area contributed by atoms with E-state index in [-0.39, 0.29) is 17.7 Å². The van der Waals surface area contributed by atoms with Crippen LogP contribution in [0, 0.1) is 5.92 Å². The molecule has 1 aromatic rings. The topological polar surface area (TPSA) is 62.3 Å². The van der Waals surface area contributed by atoms with Crippen LogP contribution in [0.3, 0.4) is 0 Å². The van der Waals surface area contributed by atoms with Crippen LogP contribution in [0.4, 0.5) is 0 Å². The Morgan fingerprint density at radius 1 is 0.852 bits per heavy atom. The minimum atomic E-state index is -0.0438. The summed E-state index contributed by atoms with van der Waals surface area (Å²) in [5.41, 5.74) is 0.551. The van der Waals surface area contributed by atoms with Crippen LogP contribution in [0.5, 0.6) is 11.5 Å². The van der Waals surface area contributed by atoms with E-state index in [0.29, 0.717) is 30.2 Å². The second kappa shape index (κ2) is 8.61. The number of carbonyl (C=O) groups excluding carboxylic acids is 2. The van der Waals surface area contributed by atoms with Crippen LogP contribution in [0.25, 0.3) is 0 Å². The van der Waals surface area contributed by atoms with Crippen LogP contribution in [0.2, 0.25) is 0 Å². The van der Waals surface area contributed by atoms with Crippen molar-refractivity contribution in [2.75, 3.05) is 60.5 Å². The first kappa shape index (κ1) is 19.5. The Morgan fingerprint density at radius 2 is 1.41 bits per heavy atom. The van der Waals surface area contributed by atoms with Crippen molar-refractivity contribution in [1.29, 1.82) is 0 Å². The number of likely N-dealkylation sites (N-methyl/N-ethyl adjacent to an activating group) is 1. The summed E-state index contributed by atoms with van der Waals surface area (Å²) in [4.78, 5) is 31.7. The lowest BCUT2D eigenvalue weighted by molar-refractivity contribution is -0.138. The molecule has 0 unspecified atom stereocenters. The largest absolute Gasteiger partial charge is 0.497 e. The third-order valence-corrected chi connectivity index (χ3v) is 5.54. The molecular weight excluding hydrogens is 346 g/mol. The molecular formula is C20H29N3O4. The highest BCUT2D eigenvalue weighted by atomic mass is 16.5.